The molecule has 0 N–H and O–H groups in total. The summed E-state index contributed by atoms with van der Waals surface area (Å²) in [6.07, 6.45) is 8.41. The highest BCUT2D eigenvalue weighted by atomic mass is 16.1. The van der Waals surface area contributed by atoms with E-state index < -0.39 is 0 Å². The van der Waals surface area contributed by atoms with Gasteiger partial charge in [0, 0.05) is 24.4 Å². The van der Waals surface area contributed by atoms with Gasteiger partial charge in [-0.1, -0.05) is 43.3 Å². The first-order chi connectivity index (χ1) is 10.7. The first-order valence-electron chi connectivity index (χ1n) is 8.63. The van der Waals surface area contributed by atoms with Gasteiger partial charge in [0.2, 0.25) is 0 Å². The lowest BCUT2D eigenvalue weighted by Gasteiger charge is -2.42. The number of hydrogen-bond donors (Lipinski definition) is 0. The van der Waals surface area contributed by atoms with Gasteiger partial charge in [0.25, 0.3) is 0 Å². The lowest BCUT2D eigenvalue weighted by Crippen LogP contribution is -2.48. The van der Waals surface area contributed by atoms with Crippen molar-refractivity contribution in [1.29, 1.82) is 0 Å². The van der Waals surface area contributed by atoms with Crippen LogP contribution in [0, 0.1) is 5.92 Å². The summed E-state index contributed by atoms with van der Waals surface area (Å²) in [4.78, 5) is 15.1. The Morgan fingerprint density at radius 2 is 2.00 bits per heavy atom. The van der Waals surface area contributed by atoms with Crippen LogP contribution in [0.4, 0.5) is 0 Å². The molecule has 0 aliphatic carbocycles. The Balaban J connectivity index is 1.91. The second kappa shape index (κ2) is 6.37. The highest BCUT2D eigenvalue weighted by Gasteiger charge is 2.48. The topological polar surface area (TPSA) is 20.3 Å². The Morgan fingerprint density at radius 1 is 1.27 bits per heavy atom. The van der Waals surface area contributed by atoms with Crippen LogP contribution in [0.1, 0.15) is 56.6 Å². The molecule has 2 saturated heterocycles. The number of piperidine rings is 1. The minimum atomic E-state index is 0.182. The van der Waals surface area contributed by atoms with Gasteiger partial charge in [-0.05, 0) is 50.3 Å². The molecule has 22 heavy (non-hydrogen) atoms. The molecule has 2 bridgehead atoms. The van der Waals surface area contributed by atoms with Crippen molar-refractivity contribution in [2.45, 2.75) is 57.5 Å². The van der Waals surface area contributed by atoms with Gasteiger partial charge in [-0.15, -0.1) is 0 Å². The normalized spacial score (nSPS) is 31.8. The lowest BCUT2D eigenvalue weighted by atomic mass is 9.73. The number of nitrogens with zero attached hydrogens (tertiary/aromatic N) is 1. The molecule has 1 aromatic rings. The molecule has 2 aliphatic heterocycles. The minimum absolute atomic E-state index is 0.182. The van der Waals surface area contributed by atoms with E-state index in [1.54, 1.807) is 0 Å². The number of carbonyl (C=O) groups excluding carboxylic acids is 1. The molecule has 2 heteroatoms. The third-order valence-electron chi connectivity index (χ3n) is 5.71. The first kappa shape index (κ1) is 15.5. The predicted molar refractivity (Wildman–Crippen MR) is 91.9 cm³/mol. The van der Waals surface area contributed by atoms with Crippen LogP contribution < -0.4 is 0 Å². The van der Waals surface area contributed by atoms with Crippen molar-refractivity contribution in [3.63, 3.8) is 0 Å². The third kappa shape index (κ3) is 2.65. The van der Waals surface area contributed by atoms with Crippen molar-refractivity contribution in [3.8, 4) is 0 Å². The molecule has 1 aromatic carbocycles. The molecule has 0 saturated carbocycles. The van der Waals surface area contributed by atoms with E-state index in [9.17, 15) is 4.79 Å². The van der Waals surface area contributed by atoms with Gasteiger partial charge in [0.15, 0.2) is 0 Å². The molecule has 2 heterocycles. The summed E-state index contributed by atoms with van der Waals surface area (Å²) in [6, 6.07) is 9.95. The number of allylic oxidation sites excluding steroid dienone is 1. The van der Waals surface area contributed by atoms with Crippen LogP contribution in [-0.4, -0.2) is 29.8 Å². The van der Waals surface area contributed by atoms with Gasteiger partial charge in [-0.25, -0.2) is 0 Å². The summed E-state index contributed by atoms with van der Waals surface area (Å²) >= 11 is 0. The summed E-state index contributed by atoms with van der Waals surface area (Å²) in [6.45, 7) is 4.05. The Labute approximate surface area is 134 Å². The van der Waals surface area contributed by atoms with E-state index >= 15 is 0 Å². The van der Waals surface area contributed by atoms with Crippen molar-refractivity contribution >= 4 is 11.9 Å². The largest absolute Gasteiger partial charge is 0.300 e. The SMILES string of the molecule is CC=Cc1ccc([C@H]2CC3CCC([C@H]2C(=O)CC)N3C)cc1. The van der Waals surface area contributed by atoms with Crippen LogP contribution >= 0.6 is 0 Å². The molecule has 2 unspecified atom stereocenters. The number of carbonyl (C=O) groups is 1. The number of hydrogen-bond acceptors (Lipinski definition) is 2. The molecule has 0 aromatic heterocycles. The van der Waals surface area contributed by atoms with Crippen molar-refractivity contribution in [2.75, 3.05) is 7.05 Å². The van der Waals surface area contributed by atoms with Gasteiger partial charge in [0.05, 0.1) is 0 Å². The number of fused-ring (bicyclic) bond motifs is 2. The van der Waals surface area contributed by atoms with Gasteiger partial charge in [-0.2, -0.15) is 0 Å². The van der Waals surface area contributed by atoms with Crippen LogP contribution in [0.5, 0.6) is 0 Å². The molecular formula is C20H27NO. The van der Waals surface area contributed by atoms with Crippen LogP contribution in [-0.2, 0) is 4.79 Å². The molecule has 4 atom stereocenters. The molecule has 3 rings (SSSR count). The van der Waals surface area contributed by atoms with Crippen molar-refractivity contribution in [3.05, 3.63) is 41.5 Å². The monoisotopic (exact) mass is 297 g/mol. The zero-order valence-corrected chi connectivity index (χ0v) is 14.0. The van der Waals surface area contributed by atoms with E-state index in [1.807, 2.05) is 13.8 Å². The summed E-state index contributed by atoms with van der Waals surface area (Å²) < 4.78 is 0. The second-order valence-electron chi connectivity index (χ2n) is 6.82. The minimum Gasteiger partial charge on any atom is -0.300 e. The summed E-state index contributed by atoms with van der Waals surface area (Å²) in [7, 11) is 2.21. The smallest absolute Gasteiger partial charge is 0.137 e. The fraction of sp³-hybridized carbons (Fsp3) is 0.550. The average molecular weight is 297 g/mol. The Kier molecular flexibility index (Phi) is 4.49. The molecule has 2 fully saturated rings. The lowest BCUT2D eigenvalue weighted by molar-refractivity contribution is -0.126. The maximum Gasteiger partial charge on any atom is 0.137 e. The summed E-state index contributed by atoms with van der Waals surface area (Å²) in [5.74, 6) is 1.03. The highest BCUT2D eigenvalue weighted by Crippen LogP contribution is 2.46. The number of rotatable bonds is 4. The van der Waals surface area contributed by atoms with Crippen molar-refractivity contribution < 1.29 is 4.79 Å². The van der Waals surface area contributed by atoms with Crippen LogP contribution in [0.15, 0.2) is 30.3 Å². The zero-order chi connectivity index (χ0) is 15.7. The molecule has 2 nitrogen and oxygen atoms in total. The van der Waals surface area contributed by atoms with Crippen LogP contribution in [0.25, 0.3) is 6.08 Å². The molecular weight excluding hydrogens is 270 g/mol. The quantitative estimate of drug-likeness (QED) is 0.827. The van der Waals surface area contributed by atoms with Crippen molar-refractivity contribution in [2.24, 2.45) is 5.92 Å². The van der Waals surface area contributed by atoms with Gasteiger partial charge in [0.1, 0.15) is 5.78 Å². The van der Waals surface area contributed by atoms with E-state index in [2.05, 4.69) is 48.4 Å². The maximum atomic E-state index is 12.6. The first-order valence-corrected chi connectivity index (χ1v) is 8.63. The average Bonchev–Trinajstić information content (AvgIpc) is 2.77. The molecule has 0 amide bonds. The Hall–Kier alpha value is -1.41. The zero-order valence-electron chi connectivity index (χ0n) is 14.0. The summed E-state index contributed by atoms with van der Waals surface area (Å²) in [5.41, 5.74) is 2.59. The van der Waals surface area contributed by atoms with Gasteiger partial charge >= 0.3 is 0 Å². The van der Waals surface area contributed by atoms with Crippen molar-refractivity contribution in [1.82, 2.24) is 4.90 Å². The van der Waals surface area contributed by atoms with E-state index in [0.29, 0.717) is 30.2 Å². The molecule has 0 spiro atoms. The standard InChI is InChI=1S/C20H27NO/c1-4-6-14-7-9-15(10-8-14)17-13-16-11-12-18(21(16)3)20(17)19(22)5-2/h4,6-10,16-18,20H,5,11-13H2,1-3H3/t16?,17-,18?,20+/m1/s1. The predicted octanol–water partition coefficient (Wildman–Crippen LogP) is 4.27. The van der Waals surface area contributed by atoms with E-state index in [1.165, 1.54) is 24.0 Å². The fourth-order valence-electron chi connectivity index (χ4n) is 4.53. The van der Waals surface area contributed by atoms with E-state index in [-0.39, 0.29) is 5.92 Å². The highest BCUT2D eigenvalue weighted by molar-refractivity contribution is 5.82. The van der Waals surface area contributed by atoms with Gasteiger partial charge < -0.3 is 0 Å². The molecule has 0 radical (unpaired) electrons. The molecule has 2 aliphatic rings. The van der Waals surface area contributed by atoms with E-state index in [4.69, 9.17) is 0 Å². The maximum absolute atomic E-state index is 12.6. The van der Waals surface area contributed by atoms with Crippen LogP contribution in [0.2, 0.25) is 0 Å². The van der Waals surface area contributed by atoms with Crippen LogP contribution in [0.3, 0.4) is 0 Å². The molecule has 118 valence electrons. The Morgan fingerprint density at radius 3 is 2.64 bits per heavy atom. The second-order valence-corrected chi connectivity index (χ2v) is 6.82. The Bertz CT molecular complexity index is 560. The van der Waals surface area contributed by atoms with Gasteiger partial charge in [-0.3, -0.25) is 9.69 Å². The van der Waals surface area contributed by atoms with E-state index in [0.717, 1.165) is 6.42 Å². The number of Topliss-reactive ketones (excluding diaryl/α,β-unsaturated/α-hetero) is 1. The summed E-state index contributed by atoms with van der Waals surface area (Å²) in [5, 5.41) is 0. The number of ketones is 1. The third-order valence-corrected chi connectivity index (χ3v) is 5.71. The fourth-order valence-corrected chi connectivity index (χ4v) is 4.53. The number of benzene rings is 1.